The van der Waals surface area contributed by atoms with Gasteiger partial charge >= 0.3 is 0 Å². The average Bonchev–Trinajstić information content (AvgIpc) is 2.56. The molecule has 0 saturated heterocycles. The van der Waals surface area contributed by atoms with Gasteiger partial charge in [-0.05, 0) is 56.9 Å². The molecule has 0 aliphatic rings. The largest absolute Gasteiger partial charge is 0.295 e. The lowest BCUT2D eigenvalue weighted by Crippen LogP contribution is -1.91. The Morgan fingerprint density at radius 3 is 2.08 bits per heavy atom. The molecular formula is C22H26O2. The van der Waals surface area contributed by atoms with E-state index >= 15 is 0 Å². The molecule has 0 aliphatic carbocycles. The Labute approximate surface area is 145 Å². The Morgan fingerprint density at radius 2 is 1.58 bits per heavy atom. The van der Waals surface area contributed by atoms with Crippen LogP contribution in [0.3, 0.4) is 0 Å². The molecule has 2 aromatic rings. The quantitative estimate of drug-likeness (QED) is 0.555. The normalized spacial score (nSPS) is 10.6. The van der Waals surface area contributed by atoms with E-state index in [9.17, 15) is 9.59 Å². The molecule has 0 radical (unpaired) electrons. The Balaban J connectivity index is 0.000000254. The number of carbonyl (C=O) groups excluding carboxylic acids is 2. The molecule has 2 nitrogen and oxygen atoms in total. The minimum atomic E-state index is 0.125. The summed E-state index contributed by atoms with van der Waals surface area (Å²) in [5.74, 6) is 0.256. The molecule has 0 aromatic heterocycles. The van der Waals surface area contributed by atoms with Gasteiger partial charge in [0.1, 0.15) is 0 Å². The third-order valence-electron chi connectivity index (χ3n) is 3.76. The van der Waals surface area contributed by atoms with Gasteiger partial charge in [-0.15, -0.1) is 0 Å². The molecule has 0 amide bonds. The second-order valence-electron chi connectivity index (χ2n) is 5.90. The second kappa shape index (κ2) is 9.61. The fourth-order valence-electron chi connectivity index (χ4n) is 2.04. The van der Waals surface area contributed by atoms with Crippen LogP contribution in [-0.2, 0) is 11.2 Å². The summed E-state index contributed by atoms with van der Waals surface area (Å²) < 4.78 is 0. The van der Waals surface area contributed by atoms with E-state index in [1.165, 1.54) is 11.1 Å². The Bertz CT molecular complexity index is 722. The highest BCUT2D eigenvalue weighted by Crippen LogP contribution is 2.10. The van der Waals surface area contributed by atoms with Gasteiger partial charge in [0.15, 0.2) is 11.6 Å². The number of Topliss-reactive ketones (excluding diaryl/α,β-unsaturated/α-hetero) is 2. The first-order valence-electron chi connectivity index (χ1n) is 8.19. The van der Waals surface area contributed by atoms with E-state index in [1.807, 2.05) is 56.3 Å². The van der Waals surface area contributed by atoms with Crippen LogP contribution in [0.1, 0.15) is 54.7 Å². The zero-order valence-electron chi connectivity index (χ0n) is 15.2. The van der Waals surface area contributed by atoms with E-state index in [2.05, 4.69) is 19.1 Å². The van der Waals surface area contributed by atoms with Crippen molar-refractivity contribution >= 4 is 17.6 Å². The SMILES string of the molecule is CC(=O)c1ccc(C)cc1.CCc1cccc(/C=C(\C)C(C)=O)c1. The summed E-state index contributed by atoms with van der Waals surface area (Å²) in [7, 11) is 0. The summed E-state index contributed by atoms with van der Waals surface area (Å²) in [6.07, 6.45) is 2.96. The highest BCUT2D eigenvalue weighted by molar-refractivity contribution is 5.97. The number of allylic oxidation sites excluding steroid dienone is 1. The van der Waals surface area contributed by atoms with Gasteiger partial charge in [-0.2, -0.15) is 0 Å². The van der Waals surface area contributed by atoms with Crippen molar-refractivity contribution < 1.29 is 9.59 Å². The summed E-state index contributed by atoms with van der Waals surface area (Å²) in [5, 5.41) is 0. The van der Waals surface area contributed by atoms with Crippen molar-refractivity contribution in [2.24, 2.45) is 0 Å². The van der Waals surface area contributed by atoms with Gasteiger partial charge < -0.3 is 0 Å². The molecule has 0 unspecified atom stereocenters. The van der Waals surface area contributed by atoms with Crippen LogP contribution < -0.4 is 0 Å². The predicted molar refractivity (Wildman–Crippen MR) is 101 cm³/mol. The molecule has 2 heteroatoms. The maximum absolute atomic E-state index is 11.0. The van der Waals surface area contributed by atoms with Crippen LogP contribution in [0.25, 0.3) is 6.08 Å². The van der Waals surface area contributed by atoms with E-state index in [0.29, 0.717) is 0 Å². The summed E-state index contributed by atoms with van der Waals surface area (Å²) >= 11 is 0. The van der Waals surface area contributed by atoms with Crippen LogP contribution in [0.2, 0.25) is 0 Å². The topological polar surface area (TPSA) is 34.1 Å². The first kappa shape index (κ1) is 19.6. The van der Waals surface area contributed by atoms with Crippen molar-refractivity contribution in [1.29, 1.82) is 0 Å². The fourth-order valence-corrected chi connectivity index (χ4v) is 2.04. The van der Waals surface area contributed by atoms with Crippen LogP contribution in [0, 0.1) is 6.92 Å². The second-order valence-corrected chi connectivity index (χ2v) is 5.90. The third kappa shape index (κ3) is 6.74. The van der Waals surface area contributed by atoms with Crippen molar-refractivity contribution in [1.82, 2.24) is 0 Å². The van der Waals surface area contributed by atoms with Gasteiger partial charge in [-0.25, -0.2) is 0 Å². The minimum Gasteiger partial charge on any atom is -0.295 e. The number of rotatable bonds is 4. The molecule has 0 bridgehead atoms. The molecule has 0 spiro atoms. The number of aryl methyl sites for hydroxylation is 2. The number of carbonyl (C=O) groups is 2. The summed E-state index contributed by atoms with van der Waals surface area (Å²) in [4.78, 5) is 21.8. The fraction of sp³-hybridized carbons (Fsp3) is 0.273. The Morgan fingerprint density at radius 1 is 0.958 bits per heavy atom. The van der Waals surface area contributed by atoms with E-state index in [4.69, 9.17) is 0 Å². The maximum Gasteiger partial charge on any atom is 0.159 e. The first-order valence-corrected chi connectivity index (χ1v) is 8.19. The molecule has 0 atom stereocenters. The number of benzene rings is 2. The molecule has 2 aromatic carbocycles. The highest BCUT2D eigenvalue weighted by Gasteiger charge is 1.97. The molecule has 0 aliphatic heterocycles. The van der Waals surface area contributed by atoms with E-state index in [-0.39, 0.29) is 11.6 Å². The van der Waals surface area contributed by atoms with Crippen molar-refractivity contribution in [3.63, 3.8) is 0 Å². The smallest absolute Gasteiger partial charge is 0.159 e. The molecule has 0 fully saturated rings. The lowest BCUT2D eigenvalue weighted by molar-refractivity contribution is -0.113. The lowest BCUT2D eigenvalue weighted by Gasteiger charge is -1.99. The monoisotopic (exact) mass is 322 g/mol. The molecule has 0 heterocycles. The van der Waals surface area contributed by atoms with Gasteiger partial charge in [0.05, 0.1) is 0 Å². The maximum atomic E-state index is 11.0. The van der Waals surface area contributed by atoms with Crippen molar-refractivity contribution in [2.45, 2.75) is 41.0 Å². The van der Waals surface area contributed by atoms with Crippen LogP contribution in [-0.4, -0.2) is 11.6 Å². The summed E-state index contributed by atoms with van der Waals surface area (Å²) in [5.41, 5.74) is 5.18. The first-order chi connectivity index (χ1) is 11.3. The highest BCUT2D eigenvalue weighted by atomic mass is 16.1. The molecule has 0 N–H and O–H groups in total. The molecule has 2 rings (SSSR count). The van der Waals surface area contributed by atoms with Crippen LogP contribution in [0.4, 0.5) is 0 Å². The van der Waals surface area contributed by atoms with Gasteiger partial charge in [0, 0.05) is 5.56 Å². The lowest BCUT2D eigenvalue weighted by atomic mass is 10.1. The van der Waals surface area contributed by atoms with Gasteiger partial charge in [0.2, 0.25) is 0 Å². The van der Waals surface area contributed by atoms with Crippen molar-refractivity contribution in [3.8, 4) is 0 Å². The van der Waals surface area contributed by atoms with Crippen molar-refractivity contribution in [2.75, 3.05) is 0 Å². The van der Waals surface area contributed by atoms with Crippen LogP contribution >= 0.6 is 0 Å². The van der Waals surface area contributed by atoms with Crippen molar-refractivity contribution in [3.05, 3.63) is 76.4 Å². The standard InChI is InChI=1S/C13H16O.C9H10O/c1-4-12-6-5-7-13(9-12)8-10(2)11(3)14;1-7-3-5-9(6-4-7)8(2)10/h5-9H,4H2,1-3H3;3-6H,1-2H3/b10-8+;. The number of ketones is 2. The Hall–Kier alpha value is -2.48. The van der Waals surface area contributed by atoms with E-state index in [1.54, 1.807) is 13.8 Å². The van der Waals surface area contributed by atoms with Gasteiger partial charge in [0.25, 0.3) is 0 Å². The van der Waals surface area contributed by atoms with Crippen LogP contribution in [0.5, 0.6) is 0 Å². The zero-order chi connectivity index (χ0) is 18.1. The molecular weight excluding hydrogens is 296 g/mol. The zero-order valence-corrected chi connectivity index (χ0v) is 15.2. The minimum absolute atomic E-state index is 0.125. The Kier molecular flexibility index (Phi) is 7.84. The van der Waals surface area contributed by atoms with E-state index in [0.717, 1.165) is 23.1 Å². The molecule has 24 heavy (non-hydrogen) atoms. The molecule has 0 saturated carbocycles. The van der Waals surface area contributed by atoms with Gasteiger partial charge in [-0.3, -0.25) is 9.59 Å². The third-order valence-corrected chi connectivity index (χ3v) is 3.76. The molecule has 126 valence electrons. The summed E-state index contributed by atoms with van der Waals surface area (Å²) in [6, 6.07) is 15.8. The average molecular weight is 322 g/mol. The number of hydrogen-bond donors (Lipinski definition) is 0. The van der Waals surface area contributed by atoms with Gasteiger partial charge in [-0.1, -0.05) is 61.0 Å². The predicted octanol–water partition coefficient (Wildman–Crippen LogP) is 5.44. The van der Waals surface area contributed by atoms with E-state index < -0.39 is 0 Å². The summed E-state index contributed by atoms with van der Waals surface area (Å²) in [6.45, 7) is 9.14. The van der Waals surface area contributed by atoms with Crippen LogP contribution in [0.15, 0.2) is 54.1 Å². The number of hydrogen-bond acceptors (Lipinski definition) is 2.